The van der Waals surface area contributed by atoms with E-state index in [2.05, 4.69) is 50.4 Å². The van der Waals surface area contributed by atoms with Crippen LogP contribution in [0.2, 0.25) is 0 Å². The third kappa shape index (κ3) is 2.15. The first-order valence-electron chi connectivity index (χ1n) is 6.60. The standard InChI is InChI=1S/C15H23N/c1-4-12-8-6-7-9-13(12)14-10-11(3)16-15(14)5-2/h6-9,11,14-16H,4-5,10H2,1-3H3. The maximum atomic E-state index is 3.70. The third-order valence-corrected chi connectivity index (χ3v) is 3.87. The molecule has 1 fully saturated rings. The van der Waals surface area contributed by atoms with Crippen LogP contribution in [0.1, 0.15) is 50.7 Å². The van der Waals surface area contributed by atoms with E-state index in [1.54, 1.807) is 5.56 Å². The van der Waals surface area contributed by atoms with Gasteiger partial charge in [-0.05, 0) is 37.3 Å². The van der Waals surface area contributed by atoms with E-state index in [-0.39, 0.29) is 0 Å². The van der Waals surface area contributed by atoms with Crippen LogP contribution in [0.3, 0.4) is 0 Å². The smallest absolute Gasteiger partial charge is 0.0136 e. The predicted molar refractivity (Wildman–Crippen MR) is 69.9 cm³/mol. The fourth-order valence-electron chi connectivity index (χ4n) is 3.06. The topological polar surface area (TPSA) is 12.0 Å². The first-order valence-corrected chi connectivity index (χ1v) is 6.60. The average Bonchev–Trinajstić information content (AvgIpc) is 2.70. The largest absolute Gasteiger partial charge is 0.311 e. The monoisotopic (exact) mass is 217 g/mol. The summed E-state index contributed by atoms with van der Waals surface area (Å²) in [7, 11) is 0. The van der Waals surface area contributed by atoms with Gasteiger partial charge in [0.15, 0.2) is 0 Å². The first-order chi connectivity index (χ1) is 7.76. The molecule has 0 amide bonds. The fraction of sp³-hybridized carbons (Fsp3) is 0.600. The molecule has 0 bridgehead atoms. The van der Waals surface area contributed by atoms with Crippen LogP contribution in [0.4, 0.5) is 0 Å². The molecule has 1 heterocycles. The van der Waals surface area contributed by atoms with E-state index >= 15 is 0 Å². The van der Waals surface area contributed by atoms with Gasteiger partial charge in [0, 0.05) is 18.0 Å². The Morgan fingerprint density at radius 3 is 2.69 bits per heavy atom. The zero-order valence-electron chi connectivity index (χ0n) is 10.7. The van der Waals surface area contributed by atoms with E-state index in [0.29, 0.717) is 12.1 Å². The molecule has 0 saturated carbocycles. The highest BCUT2D eigenvalue weighted by atomic mass is 15.0. The lowest BCUT2D eigenvalue weighted by atomic mass is 9.86. The zero-order chi connectivity index (χ0) is 11.5. The summed E-state index contributed by atoms with van der Waals surface area (Å²) >= 11 is 0. The summed E-state index contributed by atoms with van der Waals surface area (Å²) < 4.78 is 0. The highest BCUT2D eigenvalue weighted by Crippen LogP contribution is 2.34. The van der Waals surface area contributed by atoms with Crippen LogP contribution in [0.5, 0.6) is 0 Å². The molecule has 16 heavy (non-hydrogen) atoms. The summed E-state index contributed by atoms with van der Waals surface area (Å²) in [5.41, 5.74) is 3.11. The highest BCUT2D eigenvalue weighted by Gasteiger charge is 2.31. The molecule has 1 saturated heterocycles. The van der Waals surface area contributed by atoms with Crippen LogP contribution in [0.15, 0.2) is 24.3 Å². The van der Waals surface area contributed by atoms with Gasteiger partial charge in [-0.25, -0.2) is 0 Å². The van der Waals surface area contributed by atoms with Crippen LogP contribution in [0.25, 0.3) is 0 Å². The number of nitrogens with one attached hydrogen (secondary N) is 1. The van der Waals surface area contributed by atoms with Gasteiger partial charge < -0.3 is 5.32 Å². The van der Waals surface area contributed by atoms with Crippen molar-refractivity contribution in [1.82, 2.24) is 5.32 Å². The summed E-state index contributed by atoms with van der Waals surface area (Å²) in [5.74, 6) is 0.719. The molecule has 88 valence electrons. The van der Waals surface area contributed by atoms with Gasteiger partial charge >= 0.3 is 0 Å². The van der Waals surface area contributed by atoms with Crippen LogP contribution in [0, 0.1) is 0 Å². The van der Waals surface area contributed by atoms with Gasteiger partial charge in [-0.15, -0.1) is 0 Å². The second-order valence-corrected chi connectivity index (χ2v) is 4.98. The Bertz CT molecular complexity index is 345. The minimum atomic E-state index is 0.667. The summed E-state index contributed by atoms with van der Waals surface area (Å²) in [6.07, 6.45) is 3.67. The van der Waals surface area contributed by atoms with Gasteiger partial charge in [-0.1, -0.05) is 38.1 Å². The van der Waals surface area contributed by atoms with Crippen molar-refractivity contribution in [3.63, 3.8) is 0 Å². The van der Waals surface area contributed by atoms with Gasteiger partial charge in [0.25, 0.3) is 0 Å². The quantitative estimate of drug-likeness (QED) is 0.817. The summed E-state index contributed by atoms with van der Waals surface area (Å²) in [6.45, 7) is 6.85. The molecule has 1 aromatic rings. The lowest BCUT2D eigenvalue weighted by Gasteiger charge is -2.20. The zero-order valence-corrected chi connectivity index (χ0v) is 10.7. The van der Waals surface area contributed by atoms with Crippen molar-refractivity contribution in [2.75, 3.05) is 0 Å². The SMILES string of the molecule is CCc1ccccc1C1CC(C)NC1CC. The normalized spacial score (nSPS) is 29.6. The van der Waals surface area contributed by atoms with Crippen LogP contribution >= 0.6 is 0 Å². The molecule has 3 unspecified atom stereocenters. The Morgan fingerprint density at radius 1 is 1.25 bits per heavy atom. The van der Waals surface area contributed by atoms with E-state index in [9.17, 15) is 0 Å². The highest BCUT2D eigenvalue weighted by molar-refractivity contribution is 5.32. The number of hydrogen-bond donors (Lipinski definition) is 1. The van der Waals surface area contributed by atoms with E-state index in [0.717, 1.165) is 12.3 Å². The molecule has 1 nitrogen and oxygen atoms in total. The summed E-state index contributed by atoms with van der Waals surface area (Å²) in [6, 6.07) is 10.3. The van der Waals surface area contributed by atoms with E-state index in [4.69, 9.17) is 0 Å². The minimum absolute atomic E-state index is 0.667. The van der Waals surface area contributed by atoms with Crippen molar-refractivity contribution in [3.05, 3.63) is 35.4 Å². The van der Waals surface area contributed by atoms with E-state index in [1.165, 1.54) is 18.4 Å². The molecule has 1 heteroatoms. The number of hydrogen-bond acceptors (Lipinski definition) is 1. The second-order valence-electron chi connectivity index (χ2n) is 4.98. The number of rotatable bonds is 3. The first kappa shape index (κ1) is 11.7. The molecular weight excluding hydrogens is 194 g/mol. The molecule has 1 N–H and O–H groups in total. The molecule has 2 rings (SSSR count). The van der Waals surface area contributed by atoms with Gasteiger partial charge in [0.05, 0.1) is 0 Å². The Hall–Kier alpha value is -0.820. The molecule has 1 aromatic carbocycles. The average molecular weight is 217 g/mol. The lowest BCUT2D eigenvalue weighted by Crippen LogP contribution is -2.28. The molecule has 0 radical (unpaired) electrons. The van der Waals surface area contributed by atoms with Crippen LogP contribution in [-0.2, 0) is 6.42 Å². The Kier molecular flexibility index (Phi) is 3.65. The molecule has 0 spiro atoms. The Labute approximate surface area is 99.3 Å². The second kappa shape index (κ2) is 5.01. The number of aryl methyl sites for hydroxylation is 1. The Balaban J connectivity index is 2.28. The van der Waals surface area contributed by atoms with Crippen molar-refractivity contribution in [2.24, 2.45) is 0 Å². The summed E-state index contributed by atoms with van der Waals surface area (Å²) in [5, 5.41) is 3.70. The van der Waals surface area contributed by atoms with Crippen molar-refractivity contribution in [3.8, 4) is 0 Å². The van der Waals surface area contributed by atoms with E-state index < -0.39 is 0 Å². The molecule has 0 aromatic heterocycles. The van der Waals surface area contributed by atoms with Gasteiger partial charge in [0.1, 0.15) is 0 Å². The van der Waals surface area contributed by atoms with Crippen molar-refractivity contribution >= 4 is 0 Å². The molecule has 3 atom stereocenters. The Morgan fingerprint density at radius 2 is 2.00 bits per heavy atom. The van der Waals surface area contributed by atoms with Crippen molar-refractivity contribution in [1.29, 1.82) is 0 Å². The van der Waals surface area contributed by atoms with Crippen LogP contribution < -0.4 is 5.32 Å². The minimum Gasteiger partial charge on any atom is -0.311 e. The molecule has 1 aliphatic heterocycles. The fourth-order valence-corrected chi connectivity index (χ4v) is 3.06. The predicted octanol–water partition coefficient (Wildman–Crippen LogP) is 3.49. The lowest BCUT2D eigenvalue weighted by molar-refractivity contribution is 0.515. The van der Waals surface area contributed by atoms with Crippen molar-refractivity contribution < 1.29 is 0 Å². The maximum Gasteiger partial charge on any atom is 0.0136 e. The summed E-state index contributed by atoms with van der Waals surface area (Å²) in [4.78, 5) is 0. The molecule has 1 aliphatic rings. The van der Waals surface area contributed by atoms with E-state index in [1.807, 2.05) is 0 Å². The maximum absolute atomic E-state index is 3.70. The van der Waals surface area contributed by atoms with Gasteiger partial charge in [-0.2, -0.15) is 0 Å². The molecule has 0 aliphatic carbocycles. The number of benzene rings is 1. The molecular formula is C15H23N. The van der Waals surface area contributed by atoms with Gasteiger partial charge in [0.2, 0.25) is 0 Å². The van der Waals surface area contributed by atoms with Crippen LogP contribution in [-0.4, -0.2) is 12.1 Å². The van der Waals surface area contributed by atoms with Crippen molar-refractivity contribution in [2.45, 2.75) is 58.0 Å². The van der Waals surface area contributed by atoms with Gasteiger partial charge in [-0.3, -0.25) is 0 Å². The third-order valence-electron chi connectivity index (χ3n) is 3.87.